The van der Waals surface area contributed by atoms with Crippen LogP contribution in [0, 0.1) is 0 Å². The normalized spacial score (nSPS) is 18.4. The van der Waals surface area contributed by atoms with Gasteiger partial charge in [-0.25, -0.2) is 0 Å². The molecule has 0 nitrogen and oxygen atoms in total. The number of fused-ring (bicyclic) bond motifs is 2. The van der Waals surface area contributed by atoms with Crippen molar-refractivity contribution in [3.63, 3.8) is 0 Å². The average Bonchev–Trinajstić information content (AvgIpc) is 3.63. The predicted molar refractivity (Wildman–Crippen MR) is 223 cm³/mol. The maximum atomic E-state index is 8.83. The molecule has 50 heavy (non-hydrogen) atoms. The molecule has 0 aliphatic heterocycles. The monoisotopic (exact) mass is 887 g/mol. The van der Waals surface area contributed by atoms with Crippen LogP contribution >= 0.6 is 17.2 Å². The summed E-state index contributed by atoms with van der Waals surface area (Å²) in [5, 5.41) is 0. The van der Waals surface area contributed by atoms with Crippen molar-refractivity contribution in [3.05, 3.63) is 129 Å². The van der Waals surface area contributed by atoms with Gasteiger partial charge in [-0.15, -0.1) is 0 Å². The van der Waals surface area contributed by atoms with E-state index in [0.717, 1.165) is 25.7 Å². The molecular formula is C46H57Cl2HfSi. The summed E-state index contributed by atoms with van der Waals surface area (Å²) in [5.41, 5.74) is 16.5. The van der Waals surface area contributed by atoms with E-state index in [-0.39, 0.29) is 18.2 Å². The van der Waals surface area contributed by atoms with E-state index >= 15 is 0 Å². The zero-order valence-electron chi connectivity index (χ0n) is 32.1. The standard InChI is InChI=1S/2C22H25.C2H7Si.2ClH.Hf/c2*1-5-9-16-14-17-10-8-12-18(20(17)15-16)19-11-6-7-13-21(19)22(2,3)4;1-3-2;;;/h2*6-8,10-15H,5,9H2,1-4H3;3H,1-2H3;2*1H;/q;;;;;+2/p-2. The van der Waals surface area contributed by atoms with Crippen LogP contribution in [0.3, 0.4) is 0 Å². The van der Waals surface area contributed by atoms with Gasteiger partial charge in [0.05, 0.1) is 0 Å². The summed E-state index contributed by atoms with van der Waals surface area (Å²) in [6, 6.07) is 32.0. The Morgan fingerprint density at radius 3 is 1.24 bits per heavy atom. The number of hydrogen-bond acceptors (Lipinski definition) is 0. The summed E-state index contributed by atoms with van der Waals surface area (Å²) in [5.74, 6) is -1.65. The molecule has 2 aliphatic carbocycles. The third-order valence-corrected chi connectivity index (χ3v) is 84.5. The van der Waals surface area contributed by atoms with Crippen molar-refractivity contribution in [2.45, 2.75) is 112 Å². The first-order valence-electron chi connectivity index (χ1n) is 19.0. The van der Waals surface area contributed by atoms with E-state index in [1.54, 1.807) is 0 Å². The van der Waals surface area contributed by atoms with Gasteiger partial charge in [-0.2, -0.15) is 0 Å². The van der Waals surface area contributed by atoms with E-state index in [4.69, 9.17) is 17.2 Å². The fourth-order valence-corrected chi connectivity index (χ4v) is 53.9. The van der Waals surface area contributed by atoms with Crippen LogP contribution in [-0.2, 0) is 26.1 Å². The van der Waals surface area contributed by atoms with Gasteiger partial charge in [0.15, 0.2) is 0 Å². The van der Waals surface area contributed by atoms with Crippen LogP contribution in [0.15, 0.2) is 96.1 Å². The van der Waals surface area contributed by atoms with Crippen LogP contribution in [-0.4, -0.2) is 5.98 Å². The zero-order chi connectivity index (χ0) is 36.2. The molecule has 2 unspecified atom stereocenters. The first kappa shape index (κ1) is 37.8. The van der Waals surface area contributed by atoms with Gasteiger partial charge in [-0.05, 0) is 0 Å². The zero-order valence-corrected chi connectivity index (χ0v) is 38.3. The van der Waals surface area contributed by atoms with Crippen molar-refractivity contribution >= 4 is 35.3 Å². The molecule has 0 saturated heterocycles. The van der Waals surface area contributed by atoms with Gasteiger partial charge in [0.2, 0.25) is 0 Å². The van der Waals surface area contributed by atoms with Crippen LogP contribution in [0.1, 0.15) is 122 Å². The molecule has 0 heterocycles. The molecule has 0 fully saturated rings. The van der Waals surface area contributed by atoms with Crippen molar-refractivity contribution in [2.75, 3.05) is 0 Å². The molecular weight excluding hydrogens is 830 g/mol. The Hall–Kier alpha value is -1.97. The van der Waals surface area contributed by atoms with Gasteiger partial charge in [0.25, 0.3) is 0 Å². The predicted octanol–water partition coefficient (Wildman–Crippen LogP) is 14.8. The molecule has 6 rings (SSSR count). The van der Waals surface area contributed by atoms with Gasteiger partial charge < -0.3 is 0 Å². The first-order chi connectivity index (χ1) is 23.5. The summed E-state index contributed by atoms with van der Waals surface area (Å²) < 4.78 is 0.223. The number of halogens is 2. The number of benzene rings is 4. The molecule has 4 aromatic carbocycles. The third kappa shape index (κ3) is 6.27. The second-order valence-electron chi connectivity index (χ2n) is 17.4. The summed E-state index contributed by atoms with van der Waals surface area (Å²) in [4.78, 5) is 0. The molecule has 0 amide bonds. The average molecular weight is 887 g/mol. The fraction of sp³-hybridized carbons (Fsp3) is 0.391. The van der Waals surface area contributed by atoms with Crippen LogP contribution in [0.25, 0.3) is 34.4 Å². The summed E-state index contributed by atoms with van der Waals surface area (Å²) >= 11 is -5.05. The van der Waals surface area contributed by atoms with E-state index in [1.165, 1.54) is 66.8 Å². The molecule has 2 atom stereocenters. The van der Waals surface area contributed by atoms with E-state index in [2.05, 4.69) is 166 Å². The molecule has 2 aliphatic rings. The summed E-state index contributed by atoms with van der Waals surface area (Å²) in [7, 11) is 17.7. The van der Waals surface area contributed by atoms with Crippen LogP contribution in [0.4, 0.5) is 0 Å². The van der Waals surface area contributed by atoms with Gasteiger partial charge in [0.1, 0.15) is 0 Å². The van der Waals surface area contributed by atoms with Crippen LogP contribution < -0.4 is 0 Å². The Bertz CT molecular complexity index is 1850. The molecule has 0 saturated carbocycles. The minimum absolute atomic E-state index is 0.0264. The van der Waals surface area contributed by atoms with Gasteiger partial charge in [-0.1, -0.05) is 0 Å². The second kappa shape index (κ2) is 13.8. The minimum atomic E-state index is -5.05. The van der Waals surface area contributed by atoms with Crippen molar-refractivity contribution in [3.8, 4) is 22.3 Å². The van der Waals surface area contributed by atoms with E-state index in [9.17, 15) is 0 Å². The van der Waals surface area contributed by atoms with Crippen LogP contribution in [0.5, 0.6) is 0 Å². The van der Waals surface area contributed by atoms with Gasteiger partial charge in [-0.3, -0.25) is 0 Å². The molecule has 263 valence electrons. The fourth-order valence-electron chi connectivity index (χ4n) is 9.29. The summed E-state index contributed by atoms with van der Waals surface area (Å²) in [6.07, 6.45) is 9.28. The number of rotatable bonds is 9. The Morgan fingerprint density at radius 2 is 0.900 bits per heavy atom. The van der Waals surface area contributed by atoms with Gasteiger partial charge >= 0.3 is 315 Å². The SMILES string of the molecule is CCCC1=Cc2c(-c3ccccc3C(C)(C)C)cccc2[CH]1[Hf]([Cl])([Cl])([CH]1C(CCC)=Cc2c(-c3ccccc3C(C)(C)C)cccc21)[SiH](C)C. The molecule has 4 heteroatoms. The van der Waals surface area contributed by atoms with E-state index in [0.29, 0.717) is 0 Å². The molecule has 0 spiro atoms. The molecule has 0 radical (unpaired) electrons. The molecule has 0 N–H and O–H groups in total. The molecule has 0 bridgehead atoms. The van der Waals surface area contributed by atoms with E-state index in [1.807, 2.05) is 0 Å². The number of allylic oxidation sites excluding steroid dienone is 2. The topological polar surface area (TPSA) is 0 Å². The third-order valence-electron chi connectivity index (χ3n) is 11.6. The van der Waals surface area contributed by atoms with E-state index < -0.39 is 21.3 Å². The van der Waals surface area contributed by atoms with Crippen molar-refractivity contribution in [2.24, 2.45) is 0 Å². The Kier molecular flexibility index (Phi) is 10.4. The number of hydrogen-bond donors (Lipinski definition) is 0. The molecule has 0 aromatic heterocycles. The van der Waals surface area contributed by atoms with Crippen molar-refractivity contribution < 1.29 is 15.3 Å². The van der Waals surface area contributed by atoms with Crippen LogP contribution in [0.2, 0.25) is 13.1 Å². The van der Waals surface area contributed by atoms with Crippen molar-refractivity contribution in [1.29, 1.82) is 0 Å². The Morgan fingerprint density at radius 1 is 0.540 bits per heavy atom. The first-order valence-corrected chi connectivity index (χ1v) is 41.1. The quantitative estimate of drug-likeness (QED) is 0.147. The second-order valence-corrected chi connectivity index (χ2v) is 76.7. The Labute approximate surface area is 312 Å². The maximum absolute atomic E-state index is 8.83. The Balaban J connectivity index is 1.62. The summed E-state index contributed by atoms with van der Waals surface area (Å²) in [6.45, 7) is 23.5. The molecule has 4 aromatic rings. The van der Waals surface area contributed by atoms with Crippen molar-refractivity contribution in [1.82, 2.24) is 0 Å². The van der Waals surface area contributed by atoms with Gasteiger partial charge in [0, 0.05) is 0 Å².